The fourth-order valence-corrected chi connectivity index (χ4v) is 2.47. The molecule has 0 radical (unpaired) electrons. The second-order valence-electron chi connectivity index (χ2n) is 5.28. The van der Waals surface area contributed by atoms with Gasteiger partial charge in [-0.25, -0.2) is 43.9 Å². The summed E-state index contributed by atoms with van der Waals surface area (Å²) >= 11 is 0. The maximum absolute atomic E-state index is 13.8. The summed E-state index contributed by atoms with van der Waals surface area (Å²) in [5.74, 6) is -22.8. The Balaban J connectivity index is 0.00000280. The van der Waals surface area contributed by atoms with Gasteiger partial charge in [0.1, 0.15) is 11.6 Å². The van der Waals surface area contributed by atoms with E-state index in [0.29, 0.717) is 18.2 Å². The normalized spacial score (nSPS) is 10.9. The summed E-state index contributed by atoms with van der Waals surface area (Å²) in [5.41, 5.74) is -4.27. The first kappa shape index (κ1) is 22.4. The summed E-state index contributed by atoms with van der Waals surface area (Å²) < 4.78 is 134. The van der Waals surface area contributed by atoms with Crippen LogP contribution in [0.15, 0.2) is 18.2 Å². The topological polar surface area (TPSA) is 0 Å². The van der Waals surface area contributed by atoms with Gasteiger partial charge in [-0.15, -0.1) is 23.3 Å². The van der Waals surface area contributed by atoms with E-state index in [1.807, 2.05) is 0 Å². The van der Waals surface area contributed by atoms with Gasteiger partial charge in [-0.3, -0.25) is 0 Å². The van der Waals surface area contributed by atoms with E-state index in [0.717, 1.165) is 0 Å². The van der Waals surface area contributed by atoms with E-state index in [2.05, 4.69) is 0 Å². The Morgan fingerprint density at radius 2 is 0.786 bits per heavy atom. The van der Waals surface area contributed by atoms with Crippen LogP contribution in [-0.4, -0.2) is 0 Å². The standard InChI is InChI=1S/C17H3F10.Na/c18-8-6(9(19)13(23)16(26)12(8)22)4-1-2-5(3-4)7-10(20)14(24)17(27)15(25)11(7)21;/h1-3H;/q-1;+1. The number of hydrogen-bond acceptors (Lipinski definition) is 0. The third kappa shape index (κ3) is 3.23. The van der Waals surface area contributed by atoms with Crippen LogP contribution >= 0.6 is 0 Å². The van der Waals surface area contributed by atoms with Crippen molar-refractivity contribution in [1.82, 2.24) is 0 Å². The van der Waals surface area contributed by atoms with E-state index in [1.54, 1.807) is 0 Å². The van der Waals surface area contributed by atoms with Gasteiger partial charge >= 0.3 is 29.6 Å². The van der Waals surface area contributed by atoms with E-state index in [-0.39, 0.29) is 29.6 Å². The number of rotatable bonds is 2. The molecule has 11 heteroatoms. The van der Waals surface area contributed by atoms with Gasteiger partial charge in [-0.2, -0.15) is 6.07 Å². The van der Waals surface area contributed by atoms with E-state index >= 15 is 0 Å². The average Bonchev–Trinajstić information content (AvgIpc) is 3.11. The van der Waals surface area contributed by atoms with E-state index in [1.165, 1.54) is 0 Å². The van der Waals surface area contributed by atoms with Gasteiger partial charge in [-0.05, 0) is 5.56 Å². The molecule has 0 atom stereocenters. The molecule has 142 valence electrons. The van der Waals surface area contributed by atoms with Gasteiger partial charge in [-0.1, -0.05) is 0 Å². The Hall–Kier alpha value is -1.91. The zero-order valence-corrected chi connectivity index (χ0v) is 15.5. The van der Waals surface area contributed by atoms with Crippen LogP contribution in [0.5, 0.6) is 0 Å². The molecule has 0 aliphatic carbocycles. The van der Waals surface area contributed by atoms with Crippen LogP contribution in [0.3, 0.4) is 0 Å². The minimum atomic E-state index is -2.42. The van der Waals surface area contributed by atoms with Gasteiger partial charge < -0.3 is 0 Å². The molecule has 0 N–H and O–H groups in total. The Morgan fingerprint density at radius 3 is 1.18 bits per heavy atom. The van der Waals surface area contributed by atoms with Gasteiger partial charge in [0.15, 0.2) is 46.5 Å². The maximum atomic E-state index is 13.8. The van der Waals surface area contributed by atoms with Crippen molar-refractivity contribution in [3.05, 3.63) is 76.4 Å². The fourth-order valence-electron chi connectivity index (χ4n) is 2.47. The van der Waals surface area contributed by atoms with Crippen LogP contribution in [0.4, 0.5) is 43.9 Å². The second-order valence-corrected chi connectivity index (χ2v) is 5.28. The Labute approximate surface area is 172 Å². The number of hydrogen-bond donors (Lipinski definition) is 0. The molecule has 0 aromatic heterocycles. The molecule has 0 heterocycles. The van der Waals surface area contributed by atoms with Crippen molar-refractivity contribution >= 4 is 0 Å². The number of halogens is 10. The third-order valence-corrected chi connectivity index (χ3v) is 3.75. The largest absolute Gasteiger partial charge is 1.00 e. The second kappa shape index (κ2) is 7.84. The molecule has 0 saturated heterocycles. The SMILES string of the molecule is Fc1c(F)c(F)c(-c2c[cH-]c(-c3c(F)c(F)c(F)c(F)c3F)c2)c(F)c1F.[Na+]. The maximum Gasteiger partial charge on any atom is 1.00 e. The minimum Gasteiger partial charge on any atom is -0.214 e. The van der Waals surface area contributed by atoms with Gasteiger partial charge in [0.2, 0.25) is 0 Å². The number of benzene rings is 2. The van der Waals surface area contributed by atoms with Crippen molar-refractivity contribution in [2.45, 2.75) is 0 Å². The first-order valence-electron chi connectivity index (χ1n) is 6.88. The quantitative estimate of drug-likeness (QED) is 0.197. The molecule has 3 aromatic rings. The summed E-state index contributed by atoms with van der Waals surface area (Å²) in [6.07, 6.45) is 0. The molecule has 28 heavy (non-hydrogen) atoms. The molecule has 0 aliphatic heterocycles. The molecular formula is C17H3F10Na. The molecule has 0 aliphatic rings. The zero-order chi connectivity index (χ0) is 20.2. The molecule has 0 spiro atoms. The van der Waals surface area contributed by atoms with Crippen molar-refractivity contribution in [3.8, 4) is 22.3 Å². The van der Waals surface area contributed by atoms with Gasteiger partial charge in [0.25, 0.3) is 0 Å². The Bertz CT molecular complexity index is 944. The summed E-state index contributed by atoms with van der Waals surface area (Å²) in [4.78, 5) is 0. The smallest absolute Gasteiger partial charge is 0.214 e. The molecule has 3 aromatic carbocycles. The molecule has 0 amide bonds. The first-order valence-corrected chi connectivity index (χ1v) is 6.88. The van der Waals surface area contributed by atoms with Crippen molar-refractivity contribution in [1.29, 1.82) is 0 Å². The van der Waals surface area contributed by atoms with Crippen molar-refractivity contribution in [2.75, 3.05) is 0 Å². The van der Waals surface area contributed by atoms with E-state index in [9.17, 15) is 43.9 Å². The van der Waals surface area contributed by atoms with E-state index < -0.39 is 80.4 Å². The average molecular weight is 420 g/mol. The van der Waals surface area contributed by atoms with Crippen molar-refractivity contribution in [2.24, 2.45) is 0 Å². The van der Waals surface area contributed by atoms with Crippen molar-refractivity contribution in [3.63, 3.8) is 0 Å². The van der Waals surface area contributed by atoms with Crippen LogP contribution < -0.4 is 29.6 Å². The molecule has 0 nitrogen and oxygen atoms in total. The summed E-state index contributed by atoms with van der Waals surface area (Å²) in [7, 11) is 0. The summed E-state index contributed by atoms with van der Waals surface area (Å²) in [6, 6.07) is 1.92. The Kier molecular flexibility index (Phi) is 6.27. The monoisotopic (exact) mass is 420 g/mol. The van der Waals surface area contributed by atoms with E-state index in [4.69, 9.17) is 0 Å². The van der Waals surface area contributed by atoms with Crippen LogP contribution in [0.25, 0.3) is 22.3 Å². The van der Waals surface area contributed by atoms with Gasteiger partial charge in [0, 0.05) is 5.56 Å². The third-order valence-electron chi connectivity index (χ3n) is 3.75. The summed E-state index contributed by atoms with van der Waals surface area (Å²) in [6.45, 7) is 0. The Morgan fingerprint density at radius 1 is 0.464 bits per heavy atom. The first-order chi connectivity index (χ1) is 12.6. The van der Waals surface area contributed by atoms with Crippen LogP contribution in [0.2, 0.25) is 0 Å². The molecular weight excluding hydrogens is 417 g/mol. The van der Waals surface area contributed by atoms with Gasteiger partial charge in [0.05, 0.1) is 0 Å². The summed E-state index contributed by atoms with van der Waals surface area (Å²) in [5, 5.41) is 0. The molecule has 0 fully saturated rings. The molecule has 0 unspecified atom stereocenters. The fraction of sp³-hybridized carbons (Fsp3) is 0. The van der Waals surface area contributed by atoms with Crippen LogP contribution in [-0.2, 0) is 0 Å². The predicted octanol–water partition coefficient (Wildman–Crippen LogP) is 3.13. The predicted molar refractivity (Wildman–Crippen MR) is 72.5 cm³/mol. The molecule has 0 saturated carbocycles. The van der Waals surface area contributed by atoms with Crippen molar-refractivity contribution < 1.29 is 73.5 Å². The molecule has 0 bridgehead atoms. The minimum absolute atomic E-state index is 0. The van der Waals surface area contributed by atoms with Crippen LogP contribution in [0, 0.1) is 58.2 Å². The van der Waals surface area contributed by atoms with Crippen LogP contribution in [0.1, 0.15) is 0 Å². The molecule has 3 rings (SSSR count). The zero-order valence-electron chi connectivity index (χ0n) is 13.5.